The zero-order valence-corrected chi connectivity index (χ0v) is 11.1. The maximum absolute atomic E-state index is 5.47. The van der Waals surface area contributed by atoms with Gasteiger partial charge in [-0.15, -0.1) is 0 Å². The summed E-state index contributed by atoms with van der Waals surface area (Å²) in [6, 6.07) is 0.700. The lowest BCUT2D eigenvalue weighted by molar-refractivity contribution is 0.130. The monoisotopic (exact) mass is 227 g/mol. The van der Waals surface area contributed by atoms with Crippen LogP contribution >= 0.6 is 0 Å². The van der Waals surface area contributed by atoms with Crippen molar-refractivity contribution in [1.82, 2.24) is 5.32 Å². The van der Waals surface area contributed by atoms with Crippen LogP contribution in [0.5, 0.6) is 0 Å². The lowest BCUT2D eigenvalue weighted by Gasteiger charge is -2.28. The summed E-state index contributed by atoms with van der Waals surface area (Å²) < 4.78 is 5.47. The Morgan fingerprint density at radius 1 is 1.19 bits per heavy atom. The lowest BCUT2D eigenvalue weighted by Crippen LogP contribution is -2.35. The van der Waals surface area contributed by atoms with Crippen molar-refractivity contribution in [2.24, 2.45) is 5.92 Å². The standard InChI is InChI=1S/C14H29NO/c1-3-11-16-12-7-10-15-13(2)14-8-5-4-6-9-14/h13-15H,3-12H2,1-2H3. The fourth-order valence-electron chi connectivity index (χ4n) is 2.55. The lowest BCUT2D eigenvalue weighted by atomic mass is 9.84. The highest BCUT2D eigenvalue weighted by molar-refractivity contribution is 4.75. The molecule has 2 heteroatoms. The van der Waals surface area contributed by atoms with Crippen LogP contribution in [0.4, 0.5) is 0 Å². The van der Waals surface area contributed by atoms with Gasteiger partial charge in [-0.2, -0.15) is 0 Å². The van der Waals surface area contributed by atoms with Crippen molar-refractivity contribution in [2.75, 3.05) is 19.8 Å². The molecule has 96 valence electrons. The highest BCUT2D eigenvalue weighted by Gasteiger charge is 2.18. The molecule has 0 saturated heterocycles. The van der Waals surface area contributed by atoms with E-state index < -0.39 is 0 Å². The number of hydrogen-bond donors (Lipinski definition) is 1. The number of hydrogen-bond acceptors (Lipinski definition) is 2. The van der Waals surface area contributed by atoms with E-state index in [-0.39, 0.29) is 0 Å². The average molecular weight is 227 g/mol. The van der Waals surface area contributed by atoms with Gasteiger partial charge in [0.25, 0.3) is 0 Å². The molecule has 1 N–H and O–H groups in total. The minimum atomic E-state index is 0.700. The Labute approximate surface area is 101 Å². The summed E-state index contributed by atoms with van der Waals surface area (Å²) in [4.78, 5) is 0. The summed E-state index contributed by atoms with van der Waals surface area (Å²) >= 11 is 0. The molecule has 2 nitrogen and oxygen atoms in total. The third-order valence-electron chi connectivity index (χ3n) is 3.64. The van der Waals surface area contributed by atoms with Crippen LogP contribution in [-0.4, -0.2) is 25.8 Å². The van der Waals surface area contributed by atoms with Crippen molar-refractivity contribution >= 4 is 0 Å². The topological polar surface area (TPSA) is 21.3 Å². The third kappa shape index (κ3) is 5.86. The first-order valence-electron chi connectivity index (χ1n) is 7.15. The maximum Gasteiger partial charge on any atom is 0.0478 e. The predicted octanol–water partition coefficient (Wildman–Crippen LogP) is 3.36. The number of rotatable bonds is 8. The van der Waals surface area contributed by atoms with E-state index in [0.717, 1.165) is 38.5 Å². The van der Waals surface area contributed by atoms with Gasteiger partial charge < -0.3 is 10.1 Å². The zero-order valence-electron chi connectivity index (χ0n) is 11.1. The van der Waals surface area contributed by atoms with Crippen molar-refractivity contribution in [3.63, 3.8) is 0 Å². The second-order valence-corrected chi connectivity index (χ2v) is 5.11. The van der Waals surface area contributed by atoms with E-state index in [1.165, 1.54) is 32.1 Å². The summed E-state index contributed by atoms with van der Waals surface area (Å²) in [6.45, 7) is 7.45. The highest BCUT2D eigenvalue weighted by Crippen LogP contribution is 2.26. The van der Waals surface area contributed by atoms with Gasteiger partial charge in [0.2, 0.25) is 0 Å². The van der Waals surface area contributed by atoms with Crippen LogP contribution in [0.2, 0.25) is 0 Å². The van der Waals surface area contributed by atoms with E-state index in [0.29, 0.717) is 6.04 Å². The Bertz CT molecular complexity index is 155. The second-order valence-electron chi connectivity index (χ2n) is 5.11. The van der Waals surface area contributed by atoms with E-state index in [2.05, 4.69) is 19.2 Å². The molecular weight excluding hydrogens is 198 g/mol. The van der Waals surface area contributed by atoms with Crippen LogP contribution in [0.3, 0.4) is 0 Å². The summed E-state index contributed by atoms with van der Waals surface area (Å²) in [5, 5.41) is 3.65. The molecule has 1 rings (SSSR count). The second kappa shape index (κ2) is 9.00. The predicted molar refractivity (Wildman–Crippen MR) is 69.8 cm³/mol. The molecule has 0 radical (unpaired) electrons. The Morgan fingerprint density at radius 2 is 1.94 bits per heavy atom. The van der Waals surface area contributed by atoms with Gasteiger partial charge in [0.05, 0.1) is 0 Å². The molecule has 0 spiro atoms. The van der Waals surface area contributed by atoms with E-state index in [4.69, 9.17) is 4.74 Å². The first-order valence-corrected chi connectivity index (χ1v) is 7.15. The van der Waals surface area contributed by atoms with Crippen LogP contribution in [0, 0.1) is 5.92 Å². The maximum atomic E-state index is 5.47. The Morgan fingerprint density at radius 3 is 2.62 bits per heavy atom. The summed E-state index contributed by atoms with van der Waals surface area (Å²) in [5.41, 5.74) is 0. The number of ether oxygens (including phenoxy) is 1. The van der Waals surface area contributed by atoms with Crippen molar-refractivity contribution in [3.05, 3.63) is 0 Å². The molecule has 0 aliphatic heterocycles. The molecule has 0 aromatic rings. The Hall–Kier alpha value is -0.0800. The van der Waals surface area contributed by atoms with Crippen LogP contribution in [0.1, 0.15) is 58.8 Å². The van der Waals surface area contributed by atoms with Crippen LogP contribution in [-0.2, 0) is 4.74 Å². The molecule has 1 fully saturated rings. The van der Waals surface area contributed by atoms with Crippen molar-refractivity contribution in [1.29, 1.82) is 0 Å². The van der Waals surface area contributed by atoms with E-state index >= 15 is 0 Å². The quantitative estimate of drug-likeness (QED) is 0.642. The SMILES string of the molecule is CCCOCCCNC(C)C1CCCCC1. The van der Waals surface area contributed by atoms with E-state index in [9.17, 15) is 0 Å². The first-order chi connectivity index (χ1) is 7.84. The molecular formula is C14H29NO. The molecule has 0 heterocycles. The van der Waals surface area contributed by atoms with Crippen molar-refractivity contribution in [2.45, 2.75) is 64.8 Å². The molecule has 0 aromatic heterocycles. The molecule has 0 bridgehead atoms. The van der Waals surface area contributed by atoms with Gasteiger partial charge in [0.1, 0.15) is 0 Å². The molecule has 1 aliphatic carbocycles. The number of nitrogens with one attached hydrogen (secondary N) is 1. The normalized spacial score (nSPS) is 19.9. The van der Waals surface area contributed by atoms with Gasteiger partial charge in [0.15, 0.2) is 0 Å². The molecule has 0 amide bonds. The van der Waals surface area contributed by atoms with Gasteiger partial charge >= 0.3 is 0 Å². The molecule has 1 aliphatic rings. The minimum absolute atomic E-state index is 0.700. The molecule has 1 unspecified atom stereocenters. The van der Waals surface area contributed by atoms with Crippen LogP contribution in [0.15, 0.2) is 0 Å². The average Bonchev–Trinajstić information content (AvgIpc) is 2.34. The summed E-state index contributed by atoms with van der Waals surface area (Å²) in [5.74, 6) is 0.922. The first kappa shape index (κ1) is 14.0. The molecule has 1 saturated carbocycles. The summed E-state index contributed by atoms with van der Waals surface area (Å²) in [6.07, 6.45) is 9.48. The van der Waals surface area contributed by atoms with Gasteiger partial charge in [-0.1, -0.05) is 26.2 Å². The summed E-state index contributed by atoms with van der Waals surface area (Å²) in [7, 11) is 0. The van der Waals surface area contributed by atoms with Crippen molar-refractivity contribution in [3.8, 4) is 0 Å². The van der Waals surface area contributed by atoms with E-state index in [1.807, 2.05) is 0 Å². The molecule has 0 aromatic carbocycles. The Balaban J connectivity index is 1.94. The fraction of sp³-hybridized carbons (Fsp3) is 1.00. The van der Waals surface area contributed by atoms with Gasteiger partial charge in [-0.05, 0) is 45.1 Å². The molecule has 16 heavy (non-hydrogen) atoms. The molecule has 1 atom stereocenters. The zero-order chi connectivity index (χ0) is 11.6. The van der Waals surface area contributed by atoms with Crippen LogP contribution < -0.4 is 5.32 Å². The van der Waals surface area contributed by atoms with Gasteiger partial charge in [-0.3, -0.25) is 0 Å². The van der Waals surface area contributed by atoms with Gasteiger partial charge in [-0.25, -0.2) is 0 Å². The van der Waals surface area contributed by atoms with E-state index in [1.54, 1.807) is 0 Å². The third-order valence-corrected chi connectivity index (χ3v) is 3.64. The minimum Gasteiger partial charge on any atom is -0.381 e. The Kier molecular flexibility index (Phi) is 7.87. The largest absolute Gasteiger partial charge is 0.381 e. The van der Waals surface area contributed by atoms with Crippen molar-refractivity contribution < 1.29 is 4.74 Å². The van der Waals surface area contributed by atoms with Crippen LogP contribution in [0.25, 0.3) is 0 Å². The highest BCUT2D eigenvalue weighted by atomic mass is 16.5. The fourth-order valence-corrected chi connectivity index (χ4v) is 2.55. The van der Waals surface area contributed by atoms with Gasteiger partial charge in [0, 0.05) is 19.3 Å². The smallest absolute Gasteiger partial charge is 0.0478 e.